The van der Waals surface area contributed by atoms with Crippen molar-refractivity contribution < 1.29 is 4.79 Å². The second-order valence-corrected chi connectivity index (χ2v) is 5.74. The Balaban J connectivity index is 1.97. The predicted molar refractivity (Wildman–Crippen MR) is 87.7 cm³/mol. The number of para-hydroxylation sites is 1. The number of hydrogen-bond acceptors (Lipinski definition) is 2. The standard InChI is InChI=1S/C14H11BrCl2N2O/c15-9-6-11(16)14(12(17)7-9)18-8-13(20)19-10-4-2-1-3-5-10/h1-7,18H,8H2,(H,19,20). The van der Waals surface area contributed by atoms with Crippen LogP contribution in [0, 0.1) is 0 Å². The molecule has 2 aromatic rings. The van der Waals surface area contributed by atoms with E-state index in [4.69, 9.17) is 23.2 Å². The first kappa shape index (κ1) is 15.2. The van der Waals surface area contributed by atoms with Crippen molar-refractivity contribution >= 4 is 56.4 Å². The van der Waals surface area contributed by atoms with E-state index >= 15 is 0 Å². The third-order valence-corrected chi connectivity index (χ3v) is 3.54. The normalized spacial score (nSPS) is 10.2. The molecule has 0 radical (unpaired) electrons. The lowest BCUT2D eigenvalue weighted by Crippen LogP contribution is -2.21. The molecule has 0 fully saturated rings. The van der Waals surface area contributed by atoms with Gasteiger partial charge in [-0.05, 0) is 24.3 Å². The monoisotopic (exact) mass is 372 g/mol. The van der Waals surface area contributed by atoms with Crippen molar-refractivity contribution in [3.05, 3.63) is 57.0 Å². The molecule has 2 N–H and O–H groups in total. The van der Waals surface area contributed by atoms with E-state index in [9.17, 15) is 4.79 Å². The summed E-state index contributed by atoms with van der Waals surface area (Å²) >= 11 is 15.4. The van der Waals surface area contributed by atoms with Crippen molar-refractivity contribution in [1.29, 1.82) is 0 Å². The quantitative estimate of drug-likeness (QED) is 0.807. The van der Waals surface area contributed by atoms with Crippen molar-refractivity contribution in [3.8, 4) is 0 Å². The molecule has 20 heavy (non-hydrogen) atoms. The van der Waals surface area contributed by atoms with Crippen LogP contribution in [0.4, 0.5) is 11.4 Å². The second kappa shape index (κ2) is 6.97. The molecule has 0 saturated heterocycles. The second-order valence-electron chi connectivity index (χ2n) is 4.01. The minimum Gasteiger partial charge on any atom is -0.374 e. The van der Waals surface area contributed by atoms with Gasteiger partial charge < -0.3 is 10.6 Å². The van der Waals surface area contributed by atoms with Crippen LogP contribution in [0.3, 0.4) is 0 Å². The maximum Gasteiger partial charge on any atom is 0.243 e. The Morgan fingerprint density at radius 1 is 1.10 bits per heavy atom. The van der Waals surface area contributed by atoms with E-state index in [1.165, 1.54) is 0 Å². The van der Waals surface area contributed by atoms with E-state index in [1.54, 1.807) is 12.1 Å². The molecule has 0 bridgehead atoms. The van der Waals surface area contributed by atoms with E-state index in [1.807, 2.05) is 30.3 Å². The van der Waals surface area contributed by atoms with Gasteiger partial charge in [-0.2, -0.15) is 0 Å². The highest BCUT2D eigenvalue weighted by atomic mass is 79.9. The highest BCUT2D eigenvalue weighted by Gasteiger charge is 2.09. The van der Waals surface area contributed by atoms with E-state index < -0.39 is 0 Å². The highest BCUT2D eigenvalue weighted by Crippen LogP contribution is 2.33. The summed E-state index contributed by atoms with van der Waals surface area (Å²) in [5.74, 6) is -0.175. The Bertz CT molecular complexity index is 597. The number of amides is 1. The summed E-state index contributed by atoms with van der Waals surface area (Å²) in [5, 5.41) is 6.61. The molecule has 0 aliphatic carbocycles. The first-order valence-corrected chi connectivity index (χ1v) is 7.34. The minimum absolute atomic E-state index is 0.0793. The van der Waals surface area contributed by atoms with Crippen molar-refractivity contribution in [3.63, 3.8) is 0 Å². The van der Waals surface area contributed by atoms with Gasteiger partial charge in [-0.3, -0.25) is 4.79 Å². The predicted octanol–water partition coefficient (Wildman–Crippen LogP) is 4.81. The van der Waals surface area contributed by atoms with E-state index in [0.717, 1.165) is 10.2 Å². The van der Waals surface area contributed by atoms with Crippen LogP contribution in [0.25, 0.3) is 0 Å². The van der Waals surface area contributed by atoms with E-state index in [-0.39, 0.29) is 12.5 Å². The number of carbonyl (C=O) groups is 1. The Labute approximate surface area is 135 Å². The van der Waals surface area contributed by atoms with E-state index in [0.29, 0.717) is 15.7 Å². The lowest BCUT2D eigenvalue weighted by molar-refractivity contribution is -0.114. The summed E-state index contributed by atoms with van der Waals surface area (Å²) in [4.78, 5) is 11.8. The van der Waals surface area contributed by atoms with Crippen molar-refractivity contribution in [2.45, 2.75) is 0 Å². The maximum atomic E-state index is 11.8. The fourth-order valence-electron chi connectivity index (χ4n) is 1.61. The van der Waals surface area contributed by atoms with Gasteiger partial charge in [-0.25, -0.2) is 0 Å². The Morgan fingerprint density at radius 2 is 1.70 bits per heavy atom. The molecule has 0 atom stereocenters. The molecule has 3 nitrogen and oxygen atoms in total. The van der Waals surface area contributed by atoms with Gasteiger partial charge in [0, 0.05) is 10.2 Å². The van der Waals surface area contributed by atoms with E-state index in [2.05, 4.69) is 26.6 Å². The van der Waals surface area contributed by atoms with Crippen molar-refractivity contribution in [1.82, 2.24) is 0 Å². The van der Waals surface area contributed by atoms with Gasteiger partial charge in [-0.1, -0.05) is 57.3 Å². The Morgan fingerprint density at radius 3 is 2.30 bits per heavy atom. The number of hydrogen-bond donors (Lipinski definition) is 2. The van der Waals surface area contributed by atoms with Crippen LogP contribution in [-0.2, 0) is 4.79 Å². The number of anilines is 2. The zero-order chi connectivity index (χ0) is 14.5. The number of rotatable bonds is 4. The number of benzene rings is 2. The van der Waals surface area contributed by atoms with Crippen LogP contribution in [-0.4, -0.2) is 12.5 Å². The summed E-state index contributed by atoms with van der Waals surface area (Å²) in [7, 11) is 0. The Kier molecular flexibility index (Phi) is 5.29. The van der Waals surface area contributed by atoms with Crippen molar-refractivity contribution in [2.24, 2.45) is 0 Å². The zero-order valence-electron chi connectivity index (χ0n) is 10.3. The van der Waals surface area contributed by atoms with Gasteiger partial charge in [-0.15, -0.1) is 0 Å². The smallest absolute Gasteiger partial charge is 0.243 e. The molecular weight excluding hydrogens is 363 g/mol. The lowest BCUT2D eigenvalue weighted by Gasteiger charge is -2.11. The minimum atomic E-state index is -0.175. The number of carbonyl (C=O) groups excluding carboxylic acids is 1. The molecule has 0 aliphatic rings. The number of nitrogens with one attached hydrogen (secondary N) is 2. The molecule has 1 amide bonds. The van der Waals surface area contributed by atoms with Crippen LogP contribution >= 0.6 is 39.1 Å². The lowest BCUT2D eigenvalue weighted by atomic mass is 10.3. The third kappa shape index (κ3) is 4.13. The molecule has 0 aliphatic heterocycles. The van der Waals surface area contributed by atoms with Gasteiger partial charge in [0.1, 0.15) is 0 Å². The summed E-state index contributed by atoms with van der Waals surface area (Å²) < 4.78 is 0.784. The first-order valence-electron chi connectivity index (χ1n) is 5.79. The largest absolute Gasteiger partial charge is 0.374 e. The topological polar surface area (TPSA) is 41.1 Å². The first-order chi connectivity index (χ1) is 9.56. The fraction of sp³-hybridized carbons (Fsp3) is 0.0714. The average molecular weight is 374 g/mol. The highest BCUT2D eigenvalue weighted by molar-refractivity contribution is 9.10. The summed E-state index contributed by atoms with van der Waals surface area (Å²) in [6.45, 7) is 0.0793. The van der Waals surface area contributed by atoms with Gasteiger partial charge in [0.05, 0.1) is 22.3 Å². The number of halogens is 3. The van der Waals surface area contributed by atoms with Crippen LogP contribution in [0.2, 0.25) is 10.0 Å². The molecule has 104 valence electrons. The Hall–Kier alpha value is -1.23. The van der Waals surface area contributed by atoms with Gasteiger partial charge >= 0.3 is 0 Å². The zero-order valence-corrected chi connectivity index (χ0v) is 13.4. The van der Waals surface area contributed by atoms with Crippen LogP contribution in [0.1, 0.15) is 0 Å². The third-order valence-electron chi connectivity index (χ3n) is 2.49. The molecule has 0 spiro atoms. The fourth-order valence-corrected chi connectivity index (χ4v) is 2.95. The summed E-state index contributed by atoms with van der Waals surface area (Å²) in [6.07, 6.45) is 0. The van der Waals surface area contributed by atoms with Crippen molar-refractivity contribution in [2.75, 3.05) is 17.2 Å². The maximum absolute atomic E-state index is 11.8. The molecule has 2 rings (SSSR count). The van der Waals surface area contributed by atoms with Crippen LogP contribution in [0.5, 0.6) is 0 Å². The van der Waals surface area contributed by atoms with Gasteiger partial charge in [0.2, 0.25) is 5.91 Å². The summed E-state index contributed by atoms with van der Waals surface area (Å²) in [6, 6.07) is 12.6. The van der Waals surface area contributed by atoms with Gasteiger partial charge in [0.15, 0.2) is 0 Å². The molecular formula is C14H11BrCl2N2O. The molecule has 2 aromatic carbocycles. The van der Waals surface area contributed by atoms with Crippen LogP contribution < -0.4 is 10.6 Å². The average Bonchev–Trinajstić information content (AvgIpc) is 2.38. The molecule has 0 heterocycles. The summed E-state index contributed by atoms with van der Waals surface area (Å²) in [5.41, 5.74) is 1.28. The van der Waals surface area contributed by atoms with Crippen LogP contribution in [0.15, 0.2) is 46.9 Å². The SMILES string of the molecule is O=C(CNc1c(Cl)cc(Br)cc1Cl)Nc1ccccc1. The molecule has 6 heteroatoms. The van der Waals surface area contributed by atoms with Gasteiger partial charge in [0.25, 0.3) is 0 Å². The molecule has 0 saturated carbocycles. The molecule has 0 unspecified atom stereocenters. The molecule has 0 aromatic heterocycles.